The van der Waals surface area contributed by atoms with Crippen LogP contribution in [-0.4, -0.2) is 102 Å². The van der Waals surface area contributed by atoms with Gasteiger partial charge in [-0.25, -0.2) is 8.42 Å². The highest BCUT2D eigenvalue weighted by atomic mass is 32.2. The van der Waals surface area contributed by atoms with Crippen molar-refractivity contribution in [3.05, 3.63) is 54.4 Å². The van der Waals surface area contributed by atoms with Crippen LogP contribution in [0.25, 0.3) is 10.8 Å². The number of sulfonamides is 1. The SMILES string of the molecule is CCCS(=O)(=O)N1C[C@@H]2CC=CC[C@H](NC(=O)c3nccc4ccccc34)C(=O)N2[C@H](C(=O)NC2CC(=O)OC2OCC)C1. The smallest absolute Gasteiger partial charge is 0.310 e. The summed E-state index contributed by atoms with van der Waals surface area (Å²) in [6.45, 7) is 3.44. The number of hydrogen-bond acceptors (Lipinski definition) is 9. The summed E-state index contributed by atoms with van der Waals surface area (Å²) < 4.78 is 38.3. The maximum Gasteiger partial charge on any atom is 0.310 e. The lowest BCUT2D eigenvalue weighted by molar-refractivity contribution is -0.165. The minimum atomic E-state index is -3.72. The van der Waals surface area contributed by atoms with E-state index in [-0.39, 0.29) is 44.0 Å². The van der Waals surface area contributed by atoms with E-state index in [1.807, 2.05) is 18.2 Å². The monoisotopic (exact) mass is 627 g/mol. The number of nitrogens with zero attached hydrogens (tertiary/aromatic N) is 3. The van der Waals surface area contributed by atoms with Crippen LogP contribution in [0.2, 0.25) is 0 Å². The van der Waals surface area contributed by atoms with E-state index in [4.69, 9.17) is 9.47 Å². The molecule has 2 unspecified atom stereocenters. The van der Waals surface area contributed by atoms with Gasteiger partial charge in [-0.05, 0) is 37.6 Å². The van der Waals surface area contributed by atoms with Crippen molar-refractivity contribution < 1.29 is 37.1 Å². The topological polar surface area (TPSA) is 164 Å². The van der Waals surface area contributed by atoms with Crippen molar-refractivity contribution >= 4 is 44.5 Å². The lowest BCUT2D eigenvalue weighted by Gasteiger charge is -2.47. The third-order valence-electron chi connectivity index (χ3n) is 7.99. The molecule has 2 fully saturated rings. The second kappa shape index (κ2) is 13.4. The van der Waals surface area contributed by atoms with Gasteiger partial charge < -0.3 is 25.0 Å². The van der Waals surface area contributed by atoms with Gasteiger partial charge in [-0.2, -0.15) is 4.31 Å². The first kappa shape index (κ1) is 31.5. The predicted molar refractivity (Wildman–Crippen MR) is 159 cm³/mol. The highest BCUT2D eigenvalue weighted by Gasteiger charge is 2.47. The number of cyclic esters (lactones) is 1. The van der Waals surface area contributed by atoms with Crippen molar-refractivity contribution in [2.75, 3.05) is 25.4 Å². The van der Waals surface area contributed by atoms with Gasteiger partial charge in [-0.3, -0.25) is 24.2 Å². The average molecular weight is 628 g/mol. The Labute approximate surface area is 256 Å². The number of fused-ring (bicyclic) bond motifs is 2. The molecule has 14 heteroatoms. The number of amides is 3. The highest BCUT2D eigenvalue weighted by Crippen LogP contribution is 2.27. The number of aromatic nitrogens is 1. The zero-order chi connectivity index (χ0) is 31.4. The first-order valence-electron chi connectivity index (χ1n) is 14.8. The molecule has 3 aliphatic heterocycles. The van der Waals surface area contributed by atoms with Gasteiger partial charge in [-0.15, -0.1) is 0 Å². The van der Waals surface area contributed by atoms with E-state index < -0.39 is 64.2 Å². The first-order chi connectivity index (χ1) is 21.1. The van der Waals surface area contributed by atoms with Crippen LogP contribution < -0.4 is 10.6 Å². The van der Waals surface area contributed by atoms with Gasteiger partial charge in [0.15, 0.2) is 0 Å². The fourth-order valence-electron chi connectivity index (χ4n) is 5.94. The summed E-state index contributed by atoms with van der Waals surface area (Å²) in [5.74, 6) is -2.35. The number of piperazine rings is 1. The molecular formula is C30H37N5O8S. The van der Waals surface area contributed by atoms with Crippen LogP contribution >= 0.6 is 0 Å². The Bertz CT molecular complexity index is 1560. The van der Waals surface area contributed by atoms with E-state index in [2.05, 4.69) is 15.6 Å². The van der Waals surface area contributed by atoms with E-state index in [1.54, 1.807) is 38.1 Å². The fourth-order valence-corrected chi connectivity index (χ4v) is 7.48. The second-order valence-electron chi connectivity index (χ2n) is 11.0. The maximum absolute atomic E-state index is 14.2. The quantitative estimate of drug-likeness (QED) is 0.306. The van der Waals surface area contributed by atoms with Gasteiger partial charge in [0, 0.05) is 37.3 Å². The van der Waals surface area contributed by atoms with Gasteiger partial charge in [-0.1, -0.05) is 43.3 Å². The molecule has 5 rings (SSSR count). The molecule has 0 bridgehead atoms. The van der Waals surface area contributed by atoms with Gasteiger partial charge in [0.05, 0.1) is 12.2 Å². The Morgan fingerprint density at radius 3 is 2.61 bits per heavy atom. The molecule has 0 saturated carbocycles. The second-order valence-corrected chi connectivity index (χ2v) is 13.1. The van der Waals surface area contributed by atoms with Crippen LogP contribution in [-0.2, 0) is 33.9 Å². The molecule has 4 heterocycles. The van der Waals surface area contributed by atoms with Crippen molar-refractivity contribution in [3.63, 3.8) is 0 Å². The zero-order valence-electron chi connectivity index (χ0n) is 24.7. The third kappa shape index (κ3) is 6.61. The molecule has 44 heavy (non-hydrogen) atoms. The molecule has 236 valence electrons. The van der Waals surface area contributed by atoms with Crippen LogP contribution in [0.1, 0.15) is 50.0 Å². The zero-order valence-corrected chi connectivity index (χ0v) is 25.5. The van der Waals surface area contributed by atoms with E-state index in [9.17, 15) is 27.6 Å². The summed E-state index contributed by atoms with van der Waals surface area (Å²) in [5, 5.41) is 7.02. The van der Waals surface area contributed by atoms with Crippen molar-refractivity contribution in [1.82, 2.24) is 24.8 Å². The predicted octanol–water partition coefficient (Wildman–Crippen LogP) is 1.10. The van der Waals surface area contributed by atoms with E-state index in [1.165, 1.54) is 15.4 Å². The molecule has 1 aromatic carbocycles. The maximum atomic E-state index is 14.2. The molecule has 0 spiro atoms. The average Bonchev–Trinajstić information content (AvgIpc) is 3.34. The number of carbonyl (C=O) groups is 4. The standard InChI is InChI=1S/C30H37N5O8S/c1-3-15-44(40,41)34-17-20-10-6-8-12-22(32-28(38)26-21-11-7-5-9-19(21)13-14-31-26)29(39)35(20)24(18-34)27(37)33-23-16-25(36)43-30(23)42-4-2/h5-9,11,13-14,20,22-24,30H,3-4,10,12,15-18H2,1-2H3,(H,32,38)(H,33,37)/t20-,22-,23?,24-,30?/m0/s1. The molecule has 0 radical (unpaired) electrons. The highest BCUT2D eigenvalue weighted by molar-refractivity contribution is 7.89. The normalized spacial score (nSPS) is 26.0. The fraction of sp³-hybridized carbons (Fsp3) is 0.500. The van der Waals surface area contributed by atoms with Crippen LogP contribution in [0.15, 0.2) is 48.7 Å². The lowest BCUT2D eigenvalue weighted by atomic mass is 9.97. The number of hydrogen-bond donors (Lipinski definition) is 2. The van der Waals surface area contributed by atoms with Crippen LogP contribution in [0.3, 0.4) is 0 Å². The van der Waals surface area contributed by atoms with E-state index in [0.29, 0.717) is 18.2 Å². The lowest BCUT2D eigenvalue weighted by Crippen LogP contribution is -2.68. The van der Waals surface area contributed by atoms with Gasteiger partial charge in [0.25, 0.3) is 5.91 Å². The molecular weight excluding hydrogens is 590 g/mol. The largest absolute Gasteiger partial charge is 0.433 e. The van der Waals surface area contributed by atoms with Crippen molar-refractivity contribution in [2.24, 2.45) is 0 Å². The number of ether oxygens (including phenoxy) is 2. The summed E-state index contributed by atoms with van der Waals surface area (Å²) in [6.07, 6.45) is 4.87. The van der Waals surface area contributed by atoms with Crippen LogP contribution in [0, 0.1) is 0 Å². The Kier molecular flexibility index (Phi) is 9.61. The van der Waals surface area contributed by atoms with Crippen molar-refractivity contribution in [3.8, 4) is 0 Å². The summed E-state index contributed by atoms with van der Waals surface area (Å²) in [7, 11) is -3.72. The summed E-state index contributed by atoms with van der Waals surface area (Å²) in [4.78, 5) is 59.2. The Balaban J connectivity index is 1.44. The number of pyridine rings is 1. The van der Waals surface area contributed by atoms with E-state index in [0.717, 1.165) is 5.39 Å². The van der Waals surface area contributed by atoms with Crippen LogP contribution in [0.4, 0.5) is 0 Å². The molecule has 3 amide bonds. The van der Waals surface area contributed by atoms with Crippen molar-refractivity contribution in [1.29, 1.82) is 0 Å². The number of benzene rings is 1. The number of rotatable bonds is 9. The molecule has 2 N–H and O–H groups in total. The minimum absolute atomic E-state index is 0.000332. The van der Waals surface area contributed by atoms with Crippen LogP contribution in [0.5, 0.6) is 0 Å². The van der Waals surface area contributed by atoms with Crippen molar-refractivity contribution in [2.45, 2.75) is 70.0 Å². The summed E-state index contributed by atoms with van der Waals surface area (Å²) in [5.41, 5.74) is 0.163. The molecule has 5 atom stereocenters. The Hall–Kier alpha value is -3.88. The molecule has 2 saturated heterocycles. The summed E-state index contributed by atoms with van der Waals surface area (Å²) >= 11 is 0. The van der Waals surface area contributed by atoms with Gasteiger partial charge in [0.2, 0.25) is 28.1 Å². The molecule has 1 aromatic heterocycles. The van der Waals surface area contributed by atoms with Gasteiger partial charge in [0.1, 0.15) is 23.8 Å². The number of nitrogens with one attached hydrogen (secondary N) is 2. The Morgan fingerprint density at radius 1 is 1.07 bits per heavy atom. The molecule has 13 nitrogen and oxygen atoms in total. The molecule has 0 aliphatic carbocycles. The van der Waals surface area contributed by atoms with E-state index >= 15 is 0 Å². The summed E-state index contributed by atoms with van der Waals surface area (Å²) in [6, 6.07) is 5.31. The molecule has 2 aromatic rings. The van der Waals surface area contributed by atoms with Gasteiger partial charge >= 0.3 is 5.97 Å². The molecule has 3 aliphatic rings. The first-order valence-corrected chi connectivity index (χ1v) is 16.4. The minimum Gasteiger partial charge on any atom is -0.433 e. The number of esters is 1. The Morgan fingerprint density at radius 2 is 1.84 bits per heavy atom. The third-order valence-corrected chi connectivity index (χ3v) is 10.0. The number of carbonyl (C=O) groups excluding carboxylic acids is 4.